The van der Waals surface area contributed by atoms with Crippen LogP contribution < -0.4 is 38.8 Å². The summed E-state index contributed by atoms with van der Waals surface area (Å²) < 4.78 is 20.7. The second-order valence-corrected chi connectivity index (χ2v) is 53.9. The van der Waals surface area contributed by atoms with Gasteiger partial charge in [0.05, 0.1) is 82.9 Å². The molecule has 0 fully saturated rings. The number of hydrogen-bond donors (Lipinski definition) is 0. The first-order valence-electron chi connectivity index (χ1n) is 33.5. The van der Waals surface area contributed by atoms with Crippen LogP contribution >= 0.6 is 90.7 Å². The van der Waals surface area contributed by atoms with Crippen molar-refractivity contribution in [2.24, 2.45) is 0 Å². The summed E-state index contributed by atoms with van der Waals surface area (Å²) in [6, 6.07) is 34.0. The summed E-state index contributed by atoms with van der Waals surface area (Å²) in [5.74, 6) is 7.86. The minimum absolute atomic E-state index is 0. The molecular formula is C82H83LiO2S8Si3. The van der Waals surface area contributed by atoms with Gasteiger partial charge in [0.2, 0.25) is 10.9 Å². The number of rotatable bonds is 9. The van der Waals surface area contributed by atoms with Crippen LogP contribution in [0.2, 0.25) is 49.9 Å². The molecule has 0 atom stereocenters. The van der Waals surface area contributed by atoms with Crippen LogP contribution in [0.15, 0.2) is 107 Å². The first kappa shape index (κ1) is 70.9. The second kappa shape index (κ2) is 26.2. The zero-order valence-corrected chi connectivity index (χ0v) is 67.5. The fourth-order valence-electron chi connectivity index (χ4n) is 17.5. The van der Waals surface area contributed by atoms with Gasteiger partial charge < -0.3 is 12.0 Å². The van der Waals surface area contributed by atoms with Gasteiger partial charge in [-0.05, 0) is 82.9 Å². The molecule has 0 saturated carbocycles. The van der Waals surface area contributed by atoms with Crippen molar-refractivity contribution in [2.75, 3.05) is 0 Å². The van der Waals surface area contributed by atoms with Gasteiger partial charge in [0.1, 0.15) is 16.1 Å². The third-order valence-electron chi connectivity index (χ3n) is 21.8. The number of thiophene rings is 8. The predicted molar refractivity (Wildman–Crippen MR) is 444 cm³/mol. The Bertz CT molecular complexity index is 5470. The van der Waals surface area contributed by atoms with E-state index in [1.165, 1.54) is 110 Å². The Hall–Kier alpha value is -4.95. The van der Waals surface area contributed by atoms with Crippen molar-refractivity contribution in [3.63, 3.8) is 0 Å². The maximum Gasteiger partial charge on any atom is 1.00 e. The molecule has 6 aromatic carbocycles. The summed E-state index contributed by atoms with van der Waals surface area (Å²) in [6.07, 6.45) is 7.51. The fraction of sp³-hybridized carbons (Fsp3) is 0.341. The SMILES string of the molecule is C.CC(C)[Si](C#CC1=c2sc3c(sc4c5sc6c(c5sc34)-c3ccccc3C=6C#C[Si](C(C)C)(C(C)C)C(C)C)c2-c2ccccc21)(C(C)C)C(C)C.O=c1c2ccccc2c2c1sc1c3sc4c(sc5c(=O)c6ccccc6c54)c3sc12.[C-]#C[Si](C(C)C)(C(C)C)C(C)C.[Li+]. The van der Waals surface area contributed by atoms with Crippen molar-refractivity contribution < 1.29 is 18.9 Å². The zero-order chi connectivity index (χ0) is 66.7. The van der Waals surface area contributed by atoms with Crippen LogP contribution in [-0.2, 0) is 0 Å². The molecule has 2 aliphatic carbocycles. The van der Waals surface area contributed by atoms with Crippen LogP contribution in [-0.4, -0.2) is 24.2 Å². The Morgan fingerprint density at radius 1 is 0.312 bits per heavy atom. The summed E-state index contributed by atoms with van der Waals surface area (Å²) >= 11 is 14.9. The third-order valence-corrected chi connectivity index (χ3v) is 51.6. The maximum atomic E-state index is 12.9. The monoisotopic (exact) mass is 1450 g/mol. The first-order valence-corrected chi connectivity index (χ1v) is 46.7. The molecule has 2 aliphatic rings. The Balaban J connectivity index is 0.000000167. The summed E-state index contributed by atoms with van der Waals surface area (Å²) in [5.41, 5.74) is 27.7. The second-order valence-electron chi connectivity index (χ2n) is 29.0. The van der Waals surface area contributed by atoms with E-state index in [2.05, 4.69) is 214 Å². The number of fused-ring (bicyclic) bond motifs is 26. The molecular weight excluding hydrogens is 1360 g/mol. The molecule has 0 unspecified atom stereocenters. The molecule has 2 nitrogen and oxygen atoms in total. The Kier molecular flexibility index (Phi) is 19.4. The van der Waals surface area contributed by atoms with E-state index in [4.69, 9.17) is 6.42 Å². The Labute approximate surface area is 613 Å². The molecule has 484 valence electrons. The molecule has 0 radical (unpaired) electrons. The van der Waals surface area contributed by atoms with Crippen LogP contribution in [0.1, 0.15) is 143 Å². The summed E-state index contributed by atoms with van der Waals surface area (Å²) in [6.45, 7) is 42.5. The van der Waals surface area contributed by atoms with Gasteiger partial charge in [0.15, 0.2) is 0 Å². The molecule has 96 heavy (non-hydrogen) atoms. The molecule has 0 bridgehead atoms. The molecule has 0 amide bonds. The van der Waals surface area contributed by atoms with Crippen LogP contribution in [0.25, 0.3) is 132 Å². The topological polar surface area (TPSA) is 34.1 Å². The fourth-order valence-corrected chi connectivity index (χ4v) is 45.0. The average Bonchev–Trinajstić information content (AvgIpc) is 1.53. The largest absolute Gasteiger partial charge is 1.00 e. The van der Waals surface area contributed by atoms with Gasteiger partial charge >= 0.3 is 18.9 Å². The van der Waals surface area contributed by atoms with Crippen LogP contribution in [0.4, 0.5) is 0 Å². The number of benzene rings is 4. The quantitative estimate of drug-likeness (QED) is 0.0820. The zero-order valence-electron chi connectivity index (χ0n) is 58.0. The van der Waals surface area contributed by atoms with Gasteiger partial charge in [-0.2, -0.15) is 0 Å². The first-order chi connectivity index (χ1) is 44.9. The van der Waals surface area contributed by atoms with E-state index in [0.717, 1.165) is 41.7 Å². The van der Waals surface area contributed by atoms with Crippen molar-refractivity contribution >= 4 is 224 Å². The minimum Gasteiger partial charge on any atom is -0.701 e. The van der Waals surface area contributed by atoms with Crippen molar-refractivity contribution in [1.82, 2.24) is 0 Å². The van der Waals surface area contributed by atoms with Crippen molar-refractivity contribution in [3.8, 4) is 50.7 Å². The van der Waals surface area contributed by atoms with Crippen LogP contribution in [0.5, 0.6) is 0 Å². The molecule has 0 N–H and O–H groups in total. The van der Waals surface area contributed by atoms with Gasteiger partial charge in [0.25, 0.3) is 0 Å². The molecule has 0 saturated heterocycles. The van der Waals surface area contributed by atoms with Crippen LogP contribution in [0, 0.1) is 34.9 Å². The van der Waals surface area contributed by atoms with E-state index in [1.54, 1.807) is 45.3 Å². The number of hydrogen-bond acceptors (Lipinski definition) is 10. The minimum atomic E-state index is -1.88. The molecule has 0 spiro atoms. The average molecular weight is 1450 g/mol. The van der Waals surface area contributed by atoms with Gasteiger partial charge in [-0.15, -0.1) is 102 Å². The standard InChI is InChI=1S/C46H50S4Si2.C24H8O2S4.C11H21Si.CH4.Li/c1-25(2)51(26(3)4,27(5)6)23-21-35-31-17-13-15-19-33(31)37-39(35)47-43-41(37)49-46-44-42(50-45(43)46)38-34-20-16-14-18-32(34)36(40(38)48-44)22-24-52(28(7)8,29(9)10)30(11)12;25-15-11-7-3-1-5-9(11)13-17(15)27-21-19(13)29-24-22-20(30-23(21)24)14-10-6-2-4-8-12(10)16(26)18(14)28-22;1-8-12(9(2)3,10(4)5)11(6)7;;/h13-20,25-30H,1-12H3;1-8H;9-11H,2-7H3;1H4;/q;;-1;;+1. The molecule has 0 aliphatic heterocycles. The van der Waals surface area contributed by atoms with E-state index >= 15 is 0 Å². The molecule has 8 heterocycles. The molecule has 14 heteroatoms. The summed E-state index contributed by atoms with van der Waals surface area (Å²) in [7, 11) is -5.34. The van der Waals surface area contributed by atoms with Gasteiger partial charge in [0, 0.05) is 43.8 Å². The van der Waals surface area contributed by atoms with Crippen molar-refractivity contribution in [2.45, 2.75) is 182 Å². The van der Waals surface area contributed by atoms with Crippen LogP contribution in [0.3, 0.4) is 0 Å². The molecule has 16 rings (SSSR count). The van der Waals surface area contributed by atoms with E-state index in [9.17, 15) is 9.59 Å². The summed E-state index contributed by atoms with van der Waals surface area (Å²) in [4.78, 5) is 25.8. The normalized spacial score (nSPS) is 13.2. The summed E-state index contributed by atoms with van der Waals surface area (Å²) in [5, 5.41) is 5.99. The maximum absolute atomic E-state index is 12.9. The van der Waals surface area contributed by atoms with E-state index in [-0.39, 0.29) is 37.1 Å². The van der Waals surface area contributed by atoms with E-state index in [0.29, 0.717) is 49.9 Å². The van der Waals surface area contributed by atoms with Gasteiger partial charge in [-0.1, -0.05) is 241 Å². The van der Waals surface area contributed by atoms with E-state index < -0.39 is 24.2 Å². The molecule has 8 aromatic heterocycles. The van der Waals surface area contributed by atoms with Crippen molar-refractivity contribution in [1.29, 1.82) is 0 Å². The van der Waals surface area contributed by atoms with Gasteiger partial charge in [-0.25, -0.2) is 0 Å². The predicted octanol–water partition coefficient (Wildman–Crippen LogP) is 23.2. The Morgan fingerprint density at radius 2 is 0.562 bits per heavy atom. The van der Waals surface area contributed by atoms with Crippen molar-refractivity contribution in [3.05, 3.63) is 144 Å². The third kappa shape index (κ3) is 10.2. The Morgan fingerprint density at radius 3 is 0.854 bits per heavy atom. The molecule has 14 aromatic rings. The smallest absolute Gasteiger partial charge is 0.701 e. The van der Waals surface area contributed by atoms with E-state index in [1.807, 2.05) is 81.7 Å². The van der Waals surface area contributed by atoms with Gasteiger partial charge in [-0.3, -0.25) is 9.59 Å².